The van der Waals surface area contributed by atoms with Crippen molar-refractivity contribution in [3.8, 4) is 0 Å². The molecule has 0 bridgehead atoms. The number of amides is 2. The summed E-state index contributed by atoms with van der Waals surface area (Å²) in [4.78, 5) is 23.0. The SMILES string of the molecule is CC(Nc1nccc(N(C(=O)Nc2cccc(Cl)c2)c2ccc(F)cc2)n1)C(C)(C)O. The van der Waals surface area contributed by atoms with E-state index in [2.05, 4.69) is 20.6 Å². The number of carbonyl (C=O) groups excluding carboxylic acids is 1. The second-order valence-electron chi connectivity index (χ2n) is 7.51. The first kappa shape index (κ1) is 22.5. The van der Waals surface area contributed by atoms with Crippen LogP contribution in [0.2, 0.25) is 5.02 Å². The van der Waals surface area contributed by atoms with Gasteiger partial charge in [-0.05, 0) is 63.2 Å². The number of hydrogen-bond donors (Lipinski definition) is 3. The van der Waals surface area contributed by atoms with Gasteiger partial charge in [-0.15, -0.1) is 0 Å². The van der Waals surface area contributed by atoms with Gasteiger partial charge in [-0.2, -0.15) is 4.98 Å². The van der Waals surface area contributed by atoms with Gasteiger partial charge in [0.25, 0.3) is 0 Å². The van der Waals surface area contributed by atoms with Gasteiger partial charge in [0.15, 0.2) is 0 Å². The van der Waals surface area contributed by atoms with Crippen molar-refractivity contribution in [3.63, 3.8) is 0 Å². The molecule has 162 valence electrons. The van der Waals surface area contributed by atoms with E-state index in [1.807, 2.05) is 0 Å². The van der Waals surface area contributed by atoms with Crippen LogP contribution in [0.1, 0.15) is 20.8 Å². The molecule has 1 atom stereocenters. The van der Waals surface area contributed by atoms with Crippen molar-refractivity contribution in [1.82, 2.24) is 9.97 Å². The zero-order valence-corrected chi connectivity index (χ0v) is 18.1. The molecular weight excluding hydrogens is 421 g/mol. The van der Waals surface area contributed by atoms with Gasteiger partial charge in [-0.1, -0.05) is 17.7 Å². The van der Waals surface area contributed by atoms with Crippen molar-refractivity contribution < 1.29 is 14.3 Å². The second-order valence-corrected chi connectivity index (χ2v) is 7.95. The van der Waals surface area contributed by atoms with Crippen LogP contribution in [0.25, 0.3) is 0 Å². The third kappa shape index (κ3) is 5.90. The number of aromatic nitrogens is 2. The third-order valence-electron chi connectivity index (χ3n) is 4.64. The number of nitrogens with zero attached hydrogens (tertiary/aromatic N) is 3. The summed E-state index contributed by atoms with van der Waals surface area (Å²) in [7, 11) is 0. The molecule has 3 aromatic rings. The highest BCUT2D eigenvalue weighted by molar-refractivity contribution is 6.31. The molecule has 0 fully saturated rings. The number of nitrogens with one attached hydrogen (secondary N) is 2. The number of benzene rings is 2. The number of hydrogen-bond acceptors (Lipinski definition) is 5. The lowest BCUT2D eigenvalue weighted by atomic mass is 10.0. The Hall–Kier alpha value is -3.23. The molecule has 3 N–H and O–H groups in total. The molecule has 0 aliphatic heterocycles. The van der Waals surface area contributed by atoms with E-state index in [-0.39, 0.29) is 17.8 Å². The number of anilines is 4. The van der Waals surface area contributed by atoms with Crippen molar-refractivity contribution in [2.24, 2.45) is 0 Å². The van der Waals surface area contributed by atoms with E-state index >= 15 is 0 Å². The Bertz CT molecular complexity index is 1060. The summed E-state index contributed by atoms with van der Waals surface area (Å²) < 4.78 is 13.5. The number of aliphatic hydroxyl groups is 1. The number of urea groups is 1. The highest BCUT2D eigenvalue weighted by atomic mass is 35.5. The number of halogens is 2. The van der Waals surface area contributed by atoms with Gasteiger partial charge in [0, 0.05) is 23.0 Å². The Morgan fingerprint density at radius 1 is 1.19 bits per heavy atom. The van der Waals surface area contributed by atoms with Crippen LogP contribution in [-0.2, 0) is 0 Å². The standard InChI is InChI=1S/C22H23ClFN5O2/c1-14(22(2,3)31)26-20-25-12-11-19(28-20)29(18-9-7-16(24)8-10-18)21(30)27-17-6-4-5-15(23)13-17/h4-14,31H,1-3H3,(H,27,30)(H,25,26,28). The van der Waals surface area contributed by atoms with Crippen LogP contribution in [0.3, 0.4) is 0 Å². The summed E-state index contributed by atoms with van der Waals surface area (Å²) in [5.74, 6) is 0.0596. The van der Waals surface area contributed by atoms with Crippen molar-refractivity contribution in [1.29, 1.82) is 0 Å². The third-order valence-corrected chi connectivity index (χ3v) is 4.87. The van der Waals surface area contributed by atoms with Gasteiger partial charge >= 0.3 is 6.03 Å². The summed E-state index contributed by atoms with van der Waals surface area (Å²) in [6, 6.07) is 12.9. The fourth-order valence-electron chi connectivity index (χ4n) is 2.60. The van der Waals surface area contributed by atoms with E-state index in [1.54, 1.807) is 51.1 Å². The predicted molar refractivity (Wildman–Crippen MR) is 120 cm³/mol. The molecule has 3 rings (SSSR count). The average molecular weight is 444 g/mol. The van der Waals surface area contributed by atoms with Gasteiger partial charge in [-0.3, -0.25) is 0 Å². The van der Waals surface area contributed by atoms with Crippen molar-refractivity contribution in [3.05, 3.63) is 71.6 Å². The summed E-state index contributed by atoms with van der Waals surface area (Å²) in [5.41, 5.74) is -0.117. The topological polar surface area (TPSA) is 90.4 Å². The van der Waals surface area contributed by atoms with E-state index in [0.29, 0.717) is 16.4 Å². The van der Waals surface area contributed by atoms with Crippen LogP contribution >= 0.6 is 11.6 Å². The zero-order chi connectivity index (χ0) is 22.6. The number of rotatable bonds is 6. The molecule has 0 saturated heterocycles. The van der Waals surface area contributed by atoms with Gasteiger partial charge in [0.2, 0.25) is 5.95 Å². The monoisotopic (exact) mass is 443 g/mol. The van der Waals surface area contributed by atoms with E-state index in [0.717, 1.165) is 0 Å². The van der Waals surface area contributed by atoms with E-state index < -0.39 is 17.4 Å². The molecule has 7 nitrogen and oxygen atoms in total. The van der Waals surface area contributed by atoms with Crippen LogP contribution in [0.5, 0.6) is 0 Å². The Kier molecular flexibility index (Phi) is 6.72. The molecule has 9 heteroatoms. The predicted octanol–water partition coefficient (Wildman–Crippen LogP) is 5.21. The second kappa shape index (κ2) is 9.28. The largest absolute Gasteiger partial charge is 0.388 e. The lowest BCUT2D eigenvalue weighted by Crippen LogP contribution is -2.40. The van der Waals surface area contributed by atoms with Crippen molar-refractivity contribution in [2.45, 2.75) is 32.4 Å². The molecular formula is C22H23ClFN5O2. The normalized spacial score (nSPS) is 12.2. The minimum Gasteiger partial charge on any atom is -0.388 e. The minimum absolute atomic E-state index is 0.231. The summed E-state index contributed by atoms with van der Waals surface area (Å²) >= 11 is 6.01. The average Bonchev–Trinajstić information content (AvgIpc) is 2.69. The maximum absolute atomic E-state index is 13.5. The molecule has 2 amide bonds. The fraction of sp³-hybridized carbons (Fsp3) is 0.227. The maximum Gasteiger partial charge on any atom is 0.332 e. The van der Waals surface area contributed by atoms with Crippen LogP contribution < -0.4 is 15.5 Å². The van der Waals surface area contributed by atoms with Crippen LogP contribution in [0.4, 0.5) is 32.3 Å². The Morgan fingerprint density at radius 2 is 1.90 bits per heavy atom. The summed E-state index contributed by atoms with van der Waals surface area (Å²) in [6.07, 6.45) is 1.49. The van der Waals surface area contributed by atoms with E-state index in [1.165, 1.54) is 35.4 Å². The van der Waals surface area contributed by atoms with E-state index in [9.17, 15) is 14.3 Å². The molecule has 0 spiro atoms. The number of carbonyl (C=O) groups is 1. The summed E-state index contributed by atoms with van der Waals surface area (Å²) in [5, 5.41) is 16.4. The molecule has 31 heavy (non-hydrogen) atoms. The van der Waals surface area contributed by atoms with Crippen LogP contribution in [0, 0.1) is 5.82 Å². The zero-order valence-electron chi connectivity index (χ0n) is 17.3. The molecule has 1 heterocycles. The lowest BCUT2D eigenvalue weighted by Gasteiger charge is -2.27. The first-order chi connectivity index (χ1) is 14.6. The molecule has 0 radical (unpaired) electrons. The van der Waals surface area contributed by atoms with Crippen molar-refractivity contribution >= 4 is 40.8 Å². The smallest absolute Gasteiger partial charge is 0.332 e. The highest BCUT2D eigenvalue weighted by Gasteiger charge is 2.24. The molecule has 1 unspecified atom stereocenters. The van der Waals surface area contributed by atoms with E-state index in [4.69, 9.17) is 11.6 Å². The van der Waals surface area contributed by atoms with Gasteiger partial charge in [0.05, 0.1) is 17.3 Å². The Labute approximate surface area is 184 Å². The maximum atomic E-state index is 13.5. The molecule has 1 aromatic heterocycles. The highest BCUT2D eigenvalue weighted by Crippen LogP contribution is 2.27. The van der Waals surface area contributed by atoms with Crippen molar-refractivity contribution in [2.75, 3.05) is 15.5 Å². The first-order valence-corrected chi connectivity index (χ1v) is 9.95. The van der Waals surface area contributed by atoms with Crippen LogP contribution in [0.15, 0.2) is 60.8 Å². The van der Waals surface area contributed by atoms with Gasteiger partial charge in [-0.25, -0.2) is 19.1 Å². The Morgan fingerprint density at radius 3 is 2.55 bits per heavy atom. The molecule has 0 aliphatic rings. The minimum atomic E-state index is -1.01. The van der Waals surface area contributed by atoms with Crippen LogP contribution in [-0.4, -0.2) is 32.7 Å². The molecule has 0 aliphatic carbocycles. The molecule has 2 aromatic carbocycles. The van der Waals surface area contributed by atoms with Gasteiger partial charge < -0.3 is 15.7 Å². The summed E-state index contributed by atoms with van der Waals surface area (Å²) in [6.45, 7) is 5.12. The van der Waals surface area contributed by atoms with Gasteiger partial charge in [0.1, 0.15) is 11.6 Å². The quantitative estimate of drug-likeness (QED) is 0.486. The fourth-order valence-corrected chi connectivity index (χ4v) is 2.79. The first-order valence-electron chi connectivity index (χ1n) is 9.57. The lowest BCUT2D eigenvalue weighted by molar-refractivity contribution is 0.0646. The molecule has 0 saturated carbocycles. The Balaban J connectivity index is 1.96.